The van der Waals surface area contributed by atoms with E-state index in [4.69, 9.17) is 0 Å². The second-order valence-electron chi connectivity index (χ2n) is 4.74. The second-order valence-corrected chi connectivity index (χ2v) is 5.98. The van der Waals surface area contributed by atoms with Crippen LogP contribution in [-0.4, -0.2) is 40.4 Å². The molecule has 1 amide bonds. The van der Waals surface area contributed by atoms with Crippen molar-refractivity contribution in [2.75, 3.05) is 19.6 Å². The van der Waals surface area contributed by atoms with Crippen LogP contribution in [0.4, 0.5) is 0 Å². The number of hydrogen-bond donors (Lipinski definition) is 2. The molecule has 0 spiro atoms. The highest BCUT2D eigenvalue weighted by molar-refractivity contribution is 14.1. The van der Waals surface area contributed by atoms with Crippen LogP contribution in [0.1, 0.15) is 22.1 Å². The molecule has 2 aromatic rings. The van der Waals surface area contributed by atoms with Crippen molar-refractivity contribution >= 4 is 28.5 Å². The van der Waals surface area contributed by atoms with Crippen LogP contribution in [0.25, 0.3) is 0 Å². The molecule has 0 saturated carbocycles. The zero-order chi connectivity index (χ0) is 13.9. The fourth-order valence-electron chi connectivity index (χ4n) is 2.46. The van der Waals surface area contributed by atoms with Crippen LogP contribution in [0.5, 0.6) is 0 Å². The van der Waals surface area contributed by atoms with Crippen LogP contribution in [0.3, 0.4) is 0 Å². The van der Waals surface area contributed by atoms with Crippen molar-refractivity contribution in [3.63, 3.8) is 0 Å². The van der Waals surface area contributed by atoms with E-state index in [1.165, 1.54) is 0 Å². The van der Waals surface area contributed by atoms with Crippen molar-refractivity contribution < 1.29 is 4.79 Å². The van der Waals surface area contributed by atoms with E-state index in [-0.39, 0.29) is 11.9 Å². The molecular formula is C14H15IN4O. The van der Waals surface area contributed by atoms with Gasteiger partial charge in [-0.2, -0.15) is 0 Å². The Kier molecular flexibility index (Phi) is 4.02. The molecule has 1 saturated heterocycles. The van der Waals surface area contributed by atoms with E-state index in [1.807, 2.05) is 35.5 Å². The molecule has 0 aromatic carbocycles. The first-order valence-electron chi connectivity index (χ1n) is 6.51. The summed E-state index contributed by atoms with van der Waals surface area (Å²) in [5.41, 5.74) is 1.71. The lowest BCUT2D eigenvalue weighted by Crippen LogP contribution is -2.48. The monoisotopic (exact) mass is 382 g/mol. The van der Waals surface area contributed by atoms with E-state index in [2.05, 4.69) is 37.9 Å². The molecule has 0 bridgehead atoms. The Bertz CT molecular complexity index is 598. The molecule has 1 aliphatic rings. The summed E-state index contributed by atoms with van der Waals surface area (Å²) in [6.45, 7) is 2.28. The second kappa shape index (κ2) is 5.92. The van der Waals surface area contributed by atoms with Crippen LogP contribution < -0.4 is 5.32 Å². The lowest BCUT2D eigenvalue weighted by molar-refractivity contribution is 0.0628. The van der Waals surface area contributed by atoms with Crippen molar-refractivity contribution in [2.45, 2.75) is 6.04 Å². The first kappa shape index (κ1) is 13.6. The Balaban J connectivity index is 1.87. The summed E-state index contributed by atoms with van der Waals surface area (Å²) in [5, 5.41) is 3.34. The van der Waals surface area contributed by atoms with Gasteiger partial charge in [0.15, 0.2) is 0 Å². The number of hydrogen-bond acceptors (Lipinski definition) is 3. The van der Waals surface area contributed by atoms with Gasteiger partial charge in [-0.3, -0.25) is 9.78 Å². The lowest BCUT2D eigenvalue weighted by atomic mass is 10.0. The van der Waals surface area contributed by atoms with Gasteiger partial charge in [0.1, 0.15) is 5.69 Å². The van der Waals surface area contributed by atoms with Crippen LogP contribution >= 0.6 is 22.6 Å². The van der Waals surface area contributed by atoms with Crippen LogP contribution in [-0.2, 0) is 0 Å². The zero-order valence-corrected chi connectivity index (χ0v) is 13.0. The third kappa shape index (κ3) is 2.71. The van der Waals surface area contributed by atoms with E-state index in [0.29, 0.717) is 12.2 Å². The molecule has 2 aromatic heterocycles. The van der Waals surface area contributed by atoms with Crippen LogP contribution in [0, 0.1) is 3.57 Å². The fraction of sp³-hybridized carbons (Fsp3) is 0.286. The Morgan fingerprint density at radius 2 is 2.40 bits per heavy atom. The third-order valence-corrected chi connectivity index (χ3v) is 4.07. The summed E-state index contributed by atoms with van der Waals surface area (Å²) in [5.74, 6) is 0.0447. The average Bonchev–Trinajstić information content (AvgIpc) is 2.94. The van der Waals surface area contributed by atoms with Gasteiger partial charge in [-0.05, 0) is 40.3 Å². The summed E-state index contributed by atoms with van der Waals surface area (Å²) in [6.07, 6.45) is 5.42. The van der Waals surface area contributed by atoms with Crippen molar-refractivity contribution in [3.8, 4) is 0 Å². The maximum atomic E-state index is 12.6. The minimum absolute atomic E-state index is 0.0333. The van der Waals surface area contributed by atoms with Crippen molar-refractivity contribution in [2.24, 2.45) is 0 Å². The highest BCUT2D eigenvalue weighted by Crippen LogP contribution is 2.23. The molecule has 3 heterocycles. The molecule has 1 aliphatic heterocycles. The lowest BCUT2D eigenvalue weighted by Gasteiger charge is -2.36. The quantitative estimate of drug-likeness (QED) is 0.779. The van der Waals surface area contributed by atoms with Gasteiger partial charge in [-0.15, -0.1) is 0 Å². The van der Waals surface area contributed by atoms with E-state index < -0.39 is 0 Å². The van der Waals surface area contributed by atoms with Crippen molar-refractivity contribution in [3.05, 3.63) is 51.6 Å². The number of halogens is 1. The van der Waals surface area contributed by atoms with E-state index >= 15 is 0 Å². The molecule has 2 N–H and O–H groups in total. The van der Waals surface area contributed by atoms with Gasteiger partial charge in [0.05, 0.1) is 6.04 Å². The Morgan fingerprint density at radius 1 is 1.50 bits per heavy atom. The predicted octanol–water partition coefficient (Wildman–Crippen LogP) is 1.80. The highest BCUT2D eigenvalue weighted by atomic mass is 127. The Labute approximate surface area is 130 Å². The number of nitrogens with zero attached hydrogens (tertiary/aromatic N) is 2. The number of aromatic nitrogens is 2. The molecule has 104 valence electrons. The maximum absolute atomic E-state index is 12.6. The predicted molar refractivity (Wildman–Crippen MR) is 84.4 cm³/mol. The molecule has 1 fully saturated rings. The van der Waals surface area contributed by atoms with Crippen molar-refractivity contribution in [1.82, 2.24) is 20.2 Å². The van der Waals surface area contributed by atoms with Gasteiger partial charge < -0.3 is 15.2 Å². The molecule has 1 unspecified atom stereocenters. The summed E-state index contributed by atoms with van der Waals surface area (Å²) < 4.78 is 1.04. The summed E-state index contributed by atoms with van der Waals surface area (Å²) >= 11 is 2.20. The number of amides is 1. The first-order valence-corrected chi connectivity index (χ1v) is 7.59. The van der Waals surface area contributed by atoms with Gasteiger partial charge in [0, 0.05) is 41.8 Å². The van der Waals surface area contributed by atoms with Crippen molar-refractivity contribution in [1.29, 1.82) is 0 Å². The maximum Gasteiger partial charge on any atom is 0.270 e. The number of nitrogens with one attached hydrogen (secondary N) is 2. The summed E-state index contributed by atoms with van der Waals surface area (Å²) in [6, 6.07) is 5.84. The summed E-state index contributed by atoms with van der Waals surface area (Å²) in [7, 11) is 0. The van der Waals surface area contributed by atoms with Gasteiger partial charge in [0.25, 0.3) is 5.91 Å². The van der Waals surface area contributed by atoms with Gasteiger partial charge in [0.2, 0.25) is 0 Å². The van der Waals surface area contributed by atoms with Crippen LogP contribution in [0.15, 0.2) is 36.8 Å². The molecular weight excluding hydrogens is 367 g/mol. The standard InChI is InChI=1S/C14H15IN4O/c15-11-6-12(18-8-11)14(20)19-5-4-17-9-13(19)10-2-1-3-16-7-10/h1-3,6-8,13,17-18H,4-5,9H2. The smallest absolute Gasteiger partial charge is 0.270 e. The molecule has 5 nitrogen and oxygen atoms in total. The fourth-order valence-corrected chi connectivity index (χ4v) is 2.93. The minimum Gasteiger partial charge on any atom is -0.356 e. The first-order chi connectivity index (χ1) is 9.75. The molecule has 3 rings (SSSR count). The van der Waals surface area contributed by atoms with E-state index in [0.717, 1.165) is 22.2 Å². The highest BCUT2D eigenvalue weighted by Gasteiger charge is 2.29. The number of aromatic amines is 1. The number of carbonyl (C=O) groups excluding carboxylic acids is 1. The van der Waals surface area contributed by atoms with Crippen LogP contribution in [0.2, 0.25) is 0 Å². The van der Waals surface area contributed by atoms with Gasteiger partial charge in [-0.25, -0.2) is 0 Å². The average molecular weight is 382 g/mol. The van der Waals surface area contributed by atoms with E-state index in [1.54, 1.807) is 6.20 Å². The molecule has 6 heteroatoms. The van der Waals surface area contributed by atoms with Gasteiger partial charge in [-0.1, -0.05) is 6.07 Å². The van der Waals surface area contributed by atoms with Gasteiger partial charge >= 0.3 is 0 Å². The van der Waals surface area contributed by atoms with E-state index in [9.17, 15) is 4.79 Å². The number of H-pyrrole nitrogens is 1. The molecule has 0 aliphatic carbocycles. The molecule has 0 radical (unpaired) electrons. The number of pyridine rings is 1. The largest absolute Gasteiger partial charge is 0.356 e. The number of carbonyl (C=O) groups is 1. The zero-order valence-electron chi connectivity index (χ0n) is 10.8. The molecule has 20 heavy (non-hydrogen) atoms. The SMILES string of the molecule is O=C(c1cc(I)c[nH]1)N1CCNCC1c1cccnc1. The Morgan fingerprint density at radius 3 is 3.10 bits per heavy atom. The minimum atomic E-state index is 0.0333. The number of piperazine rings is 1. The number of rotatable bonds is 2. The third-order valence-electron chi connectivity index (χ3n) is 3.45. The normalized spacial score (nSPS) is 19.1. The molecule has 1 atom stereocenters. The Hall–Kier alpha value is -1.41. The summed E-state index contributed by atoms with van der Waals surface area (Å²) in [4.78, 5) is 21.7. The topological polar surface area (TPSA) is 61.0 Å².